The second kappa shape index (κ2) is 4.23. The van der Waals surface area contributed by atoms with Gasteiger partial charge in [0.05, 0.1) is 10.9 Å². The number of thiazole rings is 1. The number of aryl methyl sites for hydroxylation is 1. The molecule has 5 heteroatoms. The summed E-state index contributed by atoms with van der Waals surface area (Å²) in [6.45, 7) is 3.62. The molecule has 0 bridgehead atoms. The van der Waals surface area contributed by atoms with Gasteiger partial charge in [0, 0.05) is 13.8 Å². The Balaban J connectivity index is 0.00000108. The van der Waals surface area contributed by atoms with Crippen LogP contribution in [0.4, 0.5) is 0 Å². The molecule has 0 saturated heterocycles. The SMILES string of the molecule is CC(=O)n1c2ccccc2c2[nH+]c(C)sc21.[Br-]. The molecule has 3 aromatic rings. The lowest BCUT2D eigenvalue weighted by atomic mass is 10.2. The molecule has 2 heterocycles. The zero-order chi connectivity index (χ0) is 11.3. The van der Waals surface area contributed by atoms with Gasteiger partial charge in [0.25, 0.3) is 0 Å². The largest absolute Gasteiger partial charge is 1.00 e. The molecule has 0 fully saturated rings. The van der Waals surface area contributed by atoms with Crippen molar-refractivity contribution in [2.45, 2.75) is 13.8 Å². The van der Waals surface area contributed by atoms with Crippen molar-refractivity contribution in [2.75, 3.05) is 0 Å². The highest BCUT2D eigenvalue weighted by Gasteiger charge is 2.20. The van der Waals surface area contributed by atoms with E-state index in [0.717, 1.165) is 26.3 Å². The minimum Gasteiger partial charge on any atom is -1.00 e. The zero-order valence-electron chi connectivity index (χ0n) is 9.45. The summed E-state index contributed by atoms with van der Waals surface area (Å²) in [4.78, 5) is 16.0. The van der Waals surface area contributed by atoms with Gasteiger partial charge in [0.1, 0.15) is 0 Å². The van der Waals surface area contributed by atoms with Crippen LogP contribution in [-0.4, -0.2) is 10.5 Å². The molecule has 0 radical (unpaired) electrons. The molecule has 3 rings (SSSR count). The molecule has 0 amide bonds. The molecule has 1 N–H and O–H groups in total. The number of nitrogens with one attached hydrogen (secondary N) is 1. The van der Waals surface area contributed by atoms with Crippen molar-refractivity contribution < 1.29 is 26.8 Å². The van der Waals surface area contributed by atoms with Gasteiger partial charge in [0.15, 0.2) is 4.83 Å². The fourth-order valence-electron chi connectivity index (χ4n) is 2.09. The number of carbonyl (C=O) groups excluding carboxylic acids is 1. The average molecular weight is 311 g/mol. The van der Waals surface area contributed by atoms with Crippen molar-refractivity contribution in [2.24, 2.45) is 0 Å². The summed E-state index contributed by atoms with van der Waals surface area (Å²) in [5.41, 5.74) is 2.04. The first-order chi connectivity index (χ1) is 7.68. The van der Waals surface area contributed by atoms with Gasteiger partial charge < -0.3 is 17.0 Å². The van der Waals surface area contributed by atoms with Crippen molar-refractivity contribution in [3.05, 3.63) is 29.3 Å². The van der Waals surface area contributed by atoms with Crippen molar-refractivity contribution >= 4 is 38.5 Å². The lowest BCUT2D eigenvalue weighted by Gasteiger charge is -1.97. The zero-order valence-corrected chi connectivity index (χ0v) is 11.9. The van der Waals surface area contributed by atoms with Crippen LogP contribution in [0.2, 0.25) is 0 Å². The second-order valence-corrected chi connectivity index (χ2v) is 5.04. The minimum absolute atomic E-state index is 0. The number of hydrogen-bond donors (Lipinski definition) is 0. The average Bonchev–Trinajstić information content (AvgIpc) is 2.72. The Labute approximate surface area is 113 Å². The van der Waals surface area contributed by atoms with E-state index >= 15 is 0 Å². The normalized spacial score (nSPS) is 10.7. The molecule has 0 spiro atoms. The third-order valence-electron chi connectivity index (χ3n) is 2.70. The van der Waals surface area contributed by atoms with Gasteiger partial charge >= 0.3 is 0 Å². The van der Waals surface area contributed by atoms with Gasteiger partial charge in [-0.3, -0.25) is 9.36 Å². The lowest BCUT2D eigenvalue weighted by molar-refractivity contribution is -0.346. The summed E-state index contributed by atoms with van der Waals surface area (Å²) in [5.74, 6) is 0.0569. The predicted octanol–water partition coefficient (Wildman–Crippen LogP) is -0.357. The fourth-order valence-corrected chi connectivity index (χ4v) is 3.12. The number of rotatable bonds is 0. The van der Waals surface area contributed by atoms with Gasteiger partial charge in [-0.1, -0.05) is 12.1 Å². The maximum atomic E-state index is 11.7. The predicted molar refractivity (Wildman–Crippen MR) is 64.9 cm³/mol. The molecule has 0 unspecified atom stereocenters. The van der Waals surface area contributed by atoms with Crippen LogP contribution in [-0.2, 0) is 0 Å². The first kappa shape index (κ1) is 12.3. The van der Waals surface area contributed by atoms with Crippen LogP contribution in [0.1, 0.15) is 16.7 Å². The summed E-state index contributed by atoms with van der Waals surface area (Å²) in [7, 11) is 0. The van der Waals surface area contributed by atoms with Crippen molar-refractivity contribution in [1.29, 1.82) is 0 Å². The number of aromatic amines is 1. The Bertz CT molecular complexity index is 714. The Morgan fingerprint density at radius 2 is 2.06 bits per heavy atom. The van der Waals surface area contributed by atoms with Gasteiger partial charge in [-0.25, -0.2) is 0 Å². The van der Waals surface area contributed by atoms with Gasteiger partial charge in [-0.2, -0.15) is 4.98 Å². The van der Waals surface area contributed by atoms with Gasteiger partial charge in [-0.15, -0.1) is 0 Å². The van der Waals surface area contributed by atoms with Crippen LogP contribution >= 0.6 is 11.3 Å². The Hall–Kier alpha value is -1.20. The molecule has 0 saturated carbocycles. The van der Waals surface area contributed by atoms with E-state index < -0.39 is 0 Å². The summed E-state index contributed by atoms with van der Waals surface area (Å²) >= 11 is 1.62. The molecule has 17 heavy (non-hydrogen) atoms. The van der Waals surface area contributed by atoms with Crippen molar-refractivity contribution in [3.8, 4) is 0 Å². The summed E-state index contributed by atoms with van der Waals surface area (Å²) in [6, 6.07) is 7.97. The number of hydrogen-bond acceptors (Lipinski definition) is 2. The summed E-state index contributed by atoms with van der Waals surface area (Å²) in [5, 5.41) is 2.22. The standard InChI is InChI=1S/C12H10N2OS.BrH/c1-7-13-11-9-5-3-4-6-10(9)14(8(2)15)12(11)16-7;/h3-6H,1-2H3;1H. The number of nitrogens with zero attached hydrogens (tertiary/aromatic N) is 1. The molecular weight excluding hydrogens is 300 g/mol. The number of fused-ring (bicyclic) bond motifs is 3. The molecule has 0 aliphatic rings. The molecular formula is C12H11BrN2OS. The van der Waals surface area contributed by atoms with E-state index in [4.69, 9.17) is 0 Å². The third-order valence-corrected chi connectivity index (χ3v) is 3.69. The topological polar surface area (TPSA) is 36.1 Å². The van der Waals surface area contributed by atoms with E-state index in [1.54, 1.807) is 22.8 Å². The highest BCUT2D eigenvalue weighted by atomic mass is 79.9. The van der Waals surface area contributed by atoms with Crippen molar-refractivity contribution in [3.63, 3.8) is 0 Å². The van der Waals surface area contributed by atoms with Gasteiger partial charge in [0.2, 0.25) is 16.4 Å². The van der Waals surface area contributed by atoms with Crippen LogP contribution in [0, 0.1) is 6.92 Å². The number of carbonyl (C=O) groups is 1. The Morgan fingerprint density at radius 3 is 2.76 bits per heavy atom. The monoisotopic (exact) mass is 310 g/mol. The second-order valence-electron chi connectivity index (χ2n) is 3.83. The molecule has 0 aliphatic carbocycles. The lowest BCUT2D eigenvalue weighted by Crippen LogP contribution is -3.00. The molecule has 0 aliphatic heterocycles. The summed E-state index contributed by atoms with van der Waals surface area (Å²) < 4.78 is 1.78. The van der Waals surface area contributed by atoms with Crippen molar-refractivity contribution in [1.82, 2.24) is 4.57 Å². The van der Waals surface area contributed by atoms with E-state index in [2.05, 4.69) is 4.98 Å². The highest BCUT2D eigenvalue weighted by Crippen LogP contribution is 2.29. The quantitative estimate of drug-likeness (QED) is 0.559. The number of halogens is 1. The molecule has 1 aromatic carbocycles. The van der Waals surface area contributed by atoms with Crippen LogP contribution < -0.4 is 22.0 Å². The Kier molecular flexibility index (Phi) is 3.05. The maximum absolute atomic E-state index is 11.7. The van der Waals surface area contributed by atoms with Gasteiger partial charge in [-0.05, 0) is 23.5 Å². The molecule has 3 nitrogen and oxygen atoms in total. The van der Waals surface area contributed by atoms with Crippen LogP contribution in [0.3, 0.4) is 0 Å². The molecule has 2 aromatic heterocycles. The minimum atomic E-state index is 0. The number of H-pyrrole nitrogens is 1. The number of para-hydroxylation sites is 1. The molecule has 88 valence electrons. The maximum Gasteiger partial charge on any atom is 0.248 e. The van der Waals surface area contributed by atoms with E-state index in [9.17, 15) is 4.79 Å². The third kappa shape index (κ3) is 1.70. The first-order valence-electron chi connectivity index (χ1n) is 5.11. The number of benzene rings is 1. The van der Waals surface area contributed by atoms with E-state index in [1.807, 2.05) is 31.2 Å². The van der Waals surface area contributed by atoms with Crippen LogP contribution in [0.15, 0.2) is 24.3 Å². The van der Waals surface area contributed by atoms with E-state index in [1.165, 1.54) is 0 Å². The molecule has 0 atom stereocenters. The summed E-state index contributed by atoms with van der Waals surface area (Å²) in [6.07, 6.45) is 0. The fraction of sp³-hybridized carbons (Fsp3) is 0.167. The number of aromatic nitrogens is 2. The van der Waals surface area contributed by atoms with E-state index in [-0.39, 0.29) is 22.9 Å². The smallest absolute Gasteiger partial charge is 0.248 e. The van der Waals surface area contributed by atoms with Crippen LogP contribution in [0.5, 0.6) is 0 Å². The van der Waals surface area contributed by atoms with E-state index in [0.29, 0.717) is 0 Å². The highest BCUT2D eigenvalue weighted by molar-refractivity contribution is 7.18. The Morgan fingerprint density at radius 1 is 1.35 bits per heavy atom. The van der Waals surface area contributed by atoms with Crippen LogP contribution in [0.25, 0.3) is 21.3 Å². The first-order valence-corrected chi connectivity index (χ1v) is 5.93.